The summed E-state index contributed by atoms with van der Waals surface area (Å²) in [5.74, 6) is -0.998. The molecular formula is C17H16N2O3. The highest BCUT2D eigenvalue weighted by Gasteiger charge is 2.33. The maximum absolute atomic E-state index is 12.1. The van der Waals surface area contributed by atoms with Crippen LogP contribution in [0.5, 0.6) is 0 Å². The van der Waals surface area contributed by atoms with Crippen LogP contribution >= 0.6 is 0 Å². The van der Waals surface area contributed by atoms with Gasteiger partial charge in [-0.1, -0.05) is 36.4 Å². The molecule has 1 aliphatic carbocycles. The summed E-state index contributed by atoms with van der Waals surface area (Å²) >= 11 is 0. The van der Waals surface area contributed by atoms with Gasteiger partial charge in [-0.15, -0.1) is 0 Å². The second-order valence-corrected chi connectivity index (χ2v) is 5.33. The number of rotatable bonds is 5. The van der Waals surface area contributed by atoms with Crippen molar-refractivity contribution in [3.05, 3.63) is 59.7 Å². The van der Waals surface area contributed by atoms with Gasteiger partial charge in [0.1, 0.15) is 6.17 Å². The van der Waals surface area contributed by atoms with Crippen molar-refractivity contribution >= 4 is 17.7 Å². The lowest BCUT2D eigenvalue weighted by atomic mass is 9.98. The highest BCUT2D eigenvalue weighted by molar-refractivity contribution is 6.13. The van der Waals surface area contributed by atoms with E-state index in [1.54, 1.807) is 0 Å². The van der Waals surface area contributed by atoms with E-state index in [1.807, 2.05) is 36.4 Å². The molecule has 3 rings (SSSR count). The van der Waals surface area contributed by atoms with Gasteiger partial charge in [-0.05, 0) is 18.4 Å². The summed E-state index contributed by atoms with van der Waals surface area (Å²) in [5.41, 5.74) is 1.66. The van der Waals surface area contributed by atoms with Crippen molar-refractivity contribution in [1.29, 1.82) is 0 Å². The van der Waals surface area contributed by atoms with Gasteiger partial charge in [0.2, 0.25) is 5.91 Å². The van der Waals surface area contributed by atoms with Gasteiger partial charge < -0.3 is 5.32 Å². The quantitative estimate of drug-likeness (QED) is 0.833. The van der Waals surface area contributed by atoms with Gasteiger partial charge in [0.25, 0.3) is 11.8 Å². The highest BCUT2D eigenvalue weighted by atomic mass is 16.2. The molecule has 2 aliphatic rings. The first-order valence-corrected chi connectivity index (χ1v) is 7.24. The van der Waals surface area contributed by atoms with Crippen molar-refractivity contribution in [2.24, 2.45) is 0 Å². The number of allylic oxidation sites excluding steroid dienone is 1. The third-order valence-electron chi connectivity index (χ3n) is 3.82. The molecule has 1 aromatic rings. The SMILES string of the molecule is O=C(NC(Cc1ccccc1)N1C(=O)C=CC1=O)C1=CCC1. The topological polar surface area (TPSA) is 66.5 Å². The van der Waals surface area contributed by atoms with Gasteiger partial charge in [-0.25, -0.2) is 0 Å². The Morgan fingerprint density at radius 2 is 1.77 bits per heavy atom. The van der Waals surface area contributed by atoms with Crippen LogP contribution in [-0.2, 0) is 20.8 Å². The normalized spacial score (nSPS) is 18.0. The number of hydrogen-bond acceptors (Lipinski definition) is 3. The zero-order valence-electron chi connectivity index (χ0n) is 12.0. The Balaban J connectivity index is 1.80. The largest absolute Gasteiger partial charge is 0.331 e. The number of carbonyl (C=O) groups excluding carboxylic acids is 3. The fourth-order valence-corrected chi connectivity index (χ4v) is 2.50. The second kappa shape index (κ2) is 5.97. The first kappa shape index (κ1) is 14.3. The minimum Gasteiger partial charge on any atom is -0.331 e. The molecule has 0 aromatic heterocycles. The minimum absolute atomic E-state index is 0.209. The molecule has 1 atom stereocenters. The number of imide groups is 1. The van der Waals surface area contributed by atoms with Crippen LogP contribution in [0.2, 0.25) is 0 Å². The average Bonchev–Trinajstić information content (AvgIpc) is 2.76. The number of nitrogens with zero attached hydrogens (tertiary/aromatic N) is 1. The van der Waals surface area contributed by atoms with Crippen molar-refractivity contribution < 1.29 is 14.4 Å². The van der Waals surface area contributed by atoms with E-state index in [-0.39, 0.29) is 5.91 Å². The molecule has 1 unspecified atom stereocenters. The second-order valence-electron chi connectivity index (χ2n) is 5.33. The molecule has 112 valence electrons. The first-order valence-electron chi connectivity index (χ1n) is 7.24. The average molecular weight is 296 g/mol. The van der Waals surface area contributed by atoms with Crippen LogP contribution in [0.15, 0.2) is 54.1 Å². The van der Waals surface area contributed by atoms with Gasteiger partial charge in [0, 0.05) is 24.1 Å². The van der Waals surface area contributed by atoms with Crippen LogP contribution in [0.3, 0.4) is 0 Å². The van der Waals surface area contributed by atoms with Gasteiger partial charge in [-0.2, -0.15) is 0 Å². The van der Waals surface area contributed by atoms with Gasteiger partial charge in [0.15, 0.2) is 0 Å². The summed E-state index contributed by atoms with van der Waals surface area (Å²) < 4.78 is 0. The summed E-state index contributed by atoms with van der Waals surface area (Å²) in [7, 11) is 0. The van der Waals surface area contributed by atoms with Crippen LogP contribution < -0.4 is 5.32 Å². The van der Waals surface area contributed by atoms with E-state index in [1.165, 1.54) is 12.2 Å². The number of hydrogen-bond donors (Lipinski definition) is 1. The summed E-state index contributed by atoms with van der Waals surface area (Å²) in [6, 6.07) is 9.47. The van der Waals surface area contributed by atoms with Gasteiger partial charge in [0.05, 0.1) is 0 Å². The zero-order chi connectivity index (χ0) is 15.5. The van der Waals surface area contributed by atoms with E-state index in [4.69, 9.17) is 0 Å². The Labute approximate surface area is 128 Å². The molecule has 1 N–H and O–H groups in total. The van der Waals surface area contributed by atoms with Crippen LogP contribution in [0.1, 0.15) is 18.4 Å². The van der Waals surface area contributed by atoms with Crippen LogP contribution in [0.4, 0.5) is 0 Å². The molecule has 0 radical (unpaired) electrons. The Morgan fingerprint density at radius 1 is 1.14 bits per heavy atom. The molecule has 0 fully saturated rings. The monoisotopic (exact) mass is 296 g/mol. The fourth-order valence-electron chi connectivity index (χ4n) is 2.50. The highest BCUT2D eigenvalue weighted by Crippen LogP contribution is 2.19. The molecule has 3 amide bonds. The van der Waals surface area contributed by atoms with E-state index in [0.717, 1.165) is 23.3 Å². The molecular weight excluding hydrogens is 280 g/mol. The van der Waals surface area contributed by atoms with Crippen LogP contribution in [-0.4, -0.2) is 28.8 Å². The molecule has 1 aliphatic heterocycles. The third-order valence-corrected chi connectivity index (χ3v) is 3.82. The standard InChI is InChI=1S/C17H16N2O3/c20-15-9-10-16(21)19(15)14(11-12-5-2-1-3-6-12)18-17(22)13-7-4-8-13/h1-3,5-7,9-10,14H,4,8,11H2,(H,18,22). The number of benzene rings is 1. The maximum atomic E-state index is 12.1. The lowest BCUT2D eigenvalue weighted by molar-refractivity contribution is -0.140. The molecule has 5 nitrogen and oxygen atoms in total. The molecule has 0 saturated carbocycles. The minimum atomic E-state index is -0.675. The lowest BCUT2D eigenvalue weighted by Crippen LogP contribution is -2.52. The van der Waals surface area contributed by atoms with E-state index in [9.17, 15) is 14.4 Å². The molecule has 0 bridgehead atoms. The first-order chi connectivity index (χ1) is 10.6. The molecule has 1 heterocycles. The summed E-state index contributed by atoms with van der Waals surface area (Å²) in [4.78, 5) is 37.1. The van der Waals surface area contributed by atoms with E-state index in [2.05, 4.69) is 5.32 Å². The van der Waals surface area contributed by atoms with E-state index >= 15 is 0 Å². The van der Waals surface area contributed by atoms with Gasteiger partial charge in [-0.3, -0.25) is 19.3 Å². The Kier molecular flexibility index (Phi) is 3.87. The van der Waals surface area contributed by atoms with Crippen molar-refractivity contribution in [3.8, 4) is 0 Å². The van der Waals surface area contributed by atoms with Gasteiger partial charge >= 0.3 is 0 Å². The number of amides is 3. The summed E-state index contributed by atoms with van der Waals surface area (Å²) in [6.45, 7) is 0. The molecule has 0 spiro atoms. The Morgan fingerprint density at radius 3 is 2.32 bits per heavy atom. The summed E-state index contributed by atoms with van der Waals surface area (Å²) in [6.07, 6.45) is 5.68. The van der Waals surface area contributed by atoms with Crippen molar-refractivity contribution in [3.63, 3.8) is 0 Å². The Bertz CT molecular complexity index is 658. The predicted octanol–water partition coefficient (Wildman–Crippen LogP) is 1.32. The third kappa shape index (κ3) is 2.83. The predicted molar refractivity (Wildman–Crippen MR) is 80.4 cm³/mol. The fraction of sp³-hybridized carbons (Fsp3) is 0.235. The Hall–Kier alpha value is -2.69. The number of carbonyl (C=O) groups is 3. The van der Waals surface area contributed by atoms with Crippen LogP contribution in [0.25, 0.3) is 0 Å². The smallest absolute Gasteiger partial charge is 0.255 e. The molecule has 1 aromatic carbocycles. The molecule has 0 saturated heterocycles. The van der Waals surface area contributed by atoms with E-state index < -0.39 is 18.0 Å². The summed E-state index contributed by atoms with van der Waals surface area (Å²) in [5, 5.41) is 2.81. The van der Waals surface area contributed by atoms with Crippen molar-refractivity contribution in [1.82, 2.24) is 10.2 Å². The van der Waals surface area contributed by atoms with Crippen molar-refractivity contribution in [2.75, 3.05) is 0 Å². The number of nitrogens with one attached hydrogen (secondary N) is 1. The maximum Gasteiger partial charge on any atom is 0.255 e. The van der Waals surface area contributed by atoms with E-state index in [0.29, 0.717) is 12.0 Å². The lowest BCUT2D eigenvalue weighted by Gasteiger charge is -2.28. The zero-order valence-corrected chi connectivity index (χ0v) is 12.0. The molecule has 22 heavy (non-hydrogen) atoms. The van der Waals surface area contributed by atoms with Crippen LogP contribution in [0, 0.1) is 0 Å². The molecule has 5 heteroatoms. The van der Waals surface area contributed by atoms with Crippen molar-refractivity contribution in [2.45, 2.75) is 25.4 Å².